The van der Waals surface area contributed by atoms with E-state index < -0.39 is 0 Å². The van der Waals surface area contributed by atoms with E-state index >= 15 is 0 Å². The van der Waals surface area contributed by atoms with Crippen LogP contribution in [0.2, 0.25) is 0 Å². The van der Waals surface area contributed by atoms with E-state index in [1.54, 1.807) is 0 Å². The highest BCUT2D eigenvalue weighted by Gasteiger charge is 2.26. The molecule has 0 saturated carbocycles. The summed E-state index contributed by atoms with van der Waals surface area (Å²) in [5, 5.41) is 0. The highest BCUT2D eigenvalue weighted by molar-refractivity contribution is 6.41. The Morgan fingerprint density at radius 2 is 1.25 bits per heavy atom. The third-order valence-corrected chi connectivity index (χ3v) is 4.18. The van der Waals surface area contributed by atoms with Crippen LogP contribution in [0.25, 0.3) is 11.1 Å². The van der Waals surface area contributed by atoms with Crippen LogP contribution in [0.1, 0.15) is 21.5 Å². The van der Waals surface area contributed by atoms with Gasteiger partial charge in [-0.2, -0.15) is 0 Å². The van der Waals surface area contributed by atoms with Gasteiger partial charge in [0, 0.05) is 17.2 Å². The predicted octanol–water partition coefficient (Wildman–Crippen LogP) is 3.28. The smallest absolute Gasteiger partial charge is 0.211 e. The van der Waals surface area contributed by atoms with Crippen molar-refractivity contribution in [1.82, 2.24) is 0 Å². The van der Waals surface area contributed by atoms with Crippen molar-refractivity contribution in [2.75, 3.05) is 0 Å². The standard InChI is InChI=1S/C22H15NO/c24-22(17-11-5-2-6-12-17)21(16-9-3-1-4-10-16)19-15-23-20-14-8-7-13-18(19)20/h1-15H/p+1/b21-19+. The second kappa shape index (κ2) is 6.09. The fraction of sp³-hybridized carbons (Fsp3) is 0. The number of carbonyl (C=O) groups is 1. The number of nitrogens with one attached hydrogen (secondary N) is 1. The number of benzene rings is 3. The van der Waals surface area contributed by atoms with Crippen molar-refractivity contribution in [2.24, 2.45) is 0 Å². The van der Waals surface area contributed by atoms with Crippen molar-refractivity contribution in [2.45, 2.75) is 0 Å². The van der Waals surface area contributed by atoms with E-state index in [-0.39, 0.29) is 5.78 Å². The maximum Gasteiger partial charge on any atom is 0.211 e. The molecule has 0 atom stereocenters. The molecular formula is C22H16NO+. The molecule has 0 saturated heterocycles. The number of para-hydroxylation sites is 1. The van der Waals surface area contributed by atoms with E-state index in [1.165, 1.54) is 0 Å². The van der Waals surface area contributed by atoms with E-state index in [1.807, 2.05) is 91.1 Å². The van der Waals surface area contributed by atoms with Crippen LogP contribution in [-0.2, 0) is 0 Å². The molecule has 1 N–H and O–H groups in total. The molecular weight excluding hydrogens is 294 g/mol. The van der Waals surface area contributed by atoms with Crippen molar-refractivity contribution in [1.29, 1.82) is 0 Å². The maximum atomic E-state index is 13.2. The molecule has 3 aromatic rings. The molecule has 0 unspecified atom stereocenters. The van der Waals surface area contributed by atoms with Crippen LogP contribution in [0.5, 0.6) is 0 Å². The van der Waals surface area contributed by atoms with Crippen molar-refractivity contribution in [3.63, 3.8) is 0 Å². The number of carbonyl (C=O) groups excluding carboxylic acids is 1. The third kappa shape index (κ3) is 2.48. The topological polar surface area (TPSA) is 31.0 Å². The number of hydrogen-bond donors (Lipinski definition) is 1. The summed E-state index contributed by atoms with van der Waals surface area (Å²) in [5.41, 5.74) is 5.37. The lowest BCUT2D eigenvalue weighted by Gasteiger charge is -2.09. The summed E-state index contributed by atoms with van der Waals surface area (Å²) in [4.78, 5) is 16.5. The first-order valence-corrected chi connectivity index (χ1v) is 7.93. The molecule has 24 heavy (non-hydrogen) atoms. The number of Topliss-reactive ketones (excluding diaryl/α,β-unsaturated/α-hetero) is 1. The molecule has 0 aliphatic carbocycles. The largest absolute Gasteiger partial charge is 0.289 e. The van der Waals surface area contributed by atoms with Crippen molar-refractivity contribution in [3.05, 3.63) is 102 Å². The summed E-state index contributed by atoms with van der Waals surface area (Å²) in [7, 11) is 0. The second-order valence-electron chi connectivity index (χ2n) is 5.68. The average molecular weight is 310 g/mol. The Kier molecular flexibility index (Phi) is 3.64. The van der Waals surface area contributed by atoms with Crippen molar-refractivity contribution in [3.8, 4) is 0 Å². The number of ketones is 1. The van der Waals surface area contributed by atoms with Crippen LogP contribution in [0.4, 0.5) is 5.69 Å². The minimum Gasteiger partial charge on any atom is -0.289 e. The van der Waals surface area contributed by atoms with Gasteiger partial charge in [0.25, 0.3) is 0 Å². The van der Waals surface area contributed by atoms with Crippen LogP contribution < -0.4 is 4.99 Å². The van der Waals surface area contributed by atoms with Gasteiger partial charge in [-0.25, -0.2) is 4.99 Å². The molecule has 0 aromatic heterocycles. The van der Waals surface area contributed by atoms with Crippen LogP contribution in [0.3, 0.4) is 0 Å². The van der Waals surface area contributed by atoms with E-state index in [0.29, 0.717) is 5.56 Å². The highest BCUT2D eigenvalue weighted by Crippen LogP contribution is 2.31. The Morgan fingerprint density at radius 1 is 0.667 bits per heavy atom. The Morgan fingerprint density at radius 3 is 1.96 bits per heavy atom. The minimum atomic E-state index is 0.0338. The van der Waals surface area contributed by atoms with Gasteiger partial charge in [-0.15, -0.1) is 0 Å². The summed E-state index contributed by atoms with van der Waals surface area (Å²) in [6.07, 6.45) is 1.92. The summed E-state index contributed by atoms with van der Waals surface area (Å²) >= 11 is 0. The molecule has 0 bridgehead atoms. The van der Waals surface area contributed by atoms with Crippen LogP contribution in [0, 0.1) is 0 Å². The van der Waals surface area contributed by atoms with Gasteiger partial charge in [0.1, 0.15) is 0 Å². The van der Waals surface area contributed by atoms with Gasteiger partial charge in [0.15, 0.2) is 12.0 Å². The summed E-state index contributed by atoms with van der Waals surface area (Å²) in [5.74, 6) is 0.0338. The lowest BCUT2D eigenvalue weighted by atomic mass is 9.90. The van der Waals surface area contributed by atoms with E-state index in [0.717, 1.165) is 28.0 Å². The van der Waals surface area contributed by atoms with Gasteiger partial charge < -0.3 is 0 Å². The first-order valence-electron chi connectivity index (χ1n) is 7.93. The number of hydrogen-bond acceptors (Lipinski definition) is 1. The molecule has 0 amide bonds. The van der Waals surface area contributed by atoms with E-state index in [4.69, 9.17) is 0 Å². The number of allylic oxidation sites excluding steroid dienone is 2. The Balaban J connectivity index is 1.95. The van der Waals surface area contributed by atoms with Crippen molar-refractivity contribution < 1.29 is 9.79 Å². The van der Waals surface area contributed by atoms with Gasteiger partial charge in [-0.05, 0) is 11.6 Å². The van der Waals surface area contributed by atoms with Gasteiger partial charge in [0.05, 0.1) is 11.1 Å². The summed E-state index contributed by atoms with van der Waals surface area (Å²) < 4.78 is 0. The van der Waals surface area contributed by atoms with Gasteiger partial charge in [0.2, 0.25) is 5.69 Å². The molecule has 0 radical (unpaired) electrons. The second-order valence-corrected chi connectivity index (χ2v) is 5.68. The zero-order valence-corrected chi connectivity index (χ0v) is 13.1. The number of fused-ring (bicyclic) bond motifs is 1. The normalized spacial score (nSPS) is 14.3. The van der Waals surface area contributed by atoms with Crippen LogP contribution in [0.15, 0.2) is 84.9 Å². The summed E-state index contributed by atoms with van der Waals surface area (Å²) in [6, 6.07) is 27.3. The molecule has 3 aromatic carbocycles. The molecule has 2 heteroatoms. The zero-order chi connectivity index (χ0) is 16.4. The van der Waals surface area contributed by atoms with Gasteiger partial charge >= 0.3 is 0 Å². The molecule has 0 fully saturated rings. The zero-order valence-electron chi connectivity index (χ0n) is 13.1. The molecule has 2 nitrogen and oxygen atoms in total. The summed E-state index contributed by atoms with van der Waals surface area (Å²) in [6.45, 7) is 0. The lowest BCUT2D eigenvalue weighted by molar-refractivity contribution is -0.342. The first-order chi connectivity index (χ1) is 11.8. The quantitative estimate of drug-likeness (QED) is 0.584. The first kappa shape index (κ1) is 14.3. The van der Waals surface area contributed by atoms with E-state index in [2.05, 4.69) is 4.99 Å². The van der Waals surface area contributed by atoms with Crippen LogP contribution in [-0.4, -0.2) is 12.0 Å². The molecule has 1 aliphatic heterocycles. The Hall–Kier alpha value is -3.26. The number of rotatable bonds is 3. The van der Waals surface area contributed by atoms with E-state index in [9.17, 15) is 4.79 Å². The van der Waals surface area contributed by atoms with Gasteiger partial charge in [-0.1, -0.05) is 72.8 Å². The fourth-order valence-electron chi connectivity index (χ4n) is 3.03. The van der Waals surface area contributed by atoms with Crippen molar-refractivity contribution >= 4 is 28.8 Å². The highest BCUT2D eigenvalue weighted by atomic mass is 16.1. The van der Waals surface area contributed by atoms with Gasteiger partial charge in [-0.3, -0.25) is 4.79 Å². The predicted molar refractivity (Wildman–Crippen MR) is 97.2 cm³/mol. The molecule has 4 rings (SSSR count). The fourth-order valence-corrected chi connectivity index (χ4v) is 3.03. The minimum absolute atomic E-state index is 0.0338. The molecule has 114 valence electrons. The average Bonchev–Trinajstić information content (AvgIpc) is 3.07. The molecule has 0 spiro atoms. The van der Waals surface area contributed by atoms with Crippen LogP contribution >= 0.6 is 0 Å². The lowest BCUT2D eigenvalue weighted by Crippen LogP contribution is -2.58. The monoisotopic (exact) mass is 310 g/mol. The molecule has 1 heterocycles. The SMILES string of the molecule is O=C(/C(=C1\C=[NH+]c2ccccc21)c1ccccc1)c1ccccc1. The Bertz CT molecular complexity index is 954. The molecule has 1 aliphatic rings. The third-order valence-electron chi connectivity index (χ3n) is 4.18. The Labute approximate surface area is 140 Å². The maximum absolute atomic E-state index is 13.2.